The van der Waals surface area contributed by atoms with E-state index in [1.807, 2.05) is 12.2 Å². The molecule has 1 fully saturated rings. The molecule has 4 N–H and O–H groups in total. The molecule has 0 aliphatic heterocycles. The first-order chi connectivity index (χ1) is 19.2. The zero-order chi connectivity index (χ0) is 28.2. The minimum Gasteiger partial charge on any atom is -0.396 e. The van der Waals surface area contributed by atoms with Crippen molar-refractivity contribution < 1.29 is 19.8 Å². The number of nitrogens with one attached hydrogen (secondary N) is 2. The van der Waals surface area contributed by atoms with Crippen LogP contribution in [0.5, 0.6) is 0 Å². The number of carbonyl (C=O) groups is 2. The standard InChI is InChI=1S/C33H60N2O4/c36-28-22-18-14-10-6-2-1-4-8-12-16-20-24-32(38)34-30-26-27-31(30)35-33(39)25-21-17-13-9-5-3-7-11-15-19-23-29-37/h20-21,24-25,30-31,36-37H,1-19,22-23,26-29H2,(H,34,38)(H,35,39). The molecule has 2 unspecified atom stereocenters. The fraction of sp³-hybridized carbons (Fsp3) is 0.818. The Kier molecular flexibility index (Phi) is 24.1. The highest BCUT2D eigenvalue weighted by molar-refractivity contribution is 5.89. The van der Waals surface area contributed by atoms with Crippen molar-refractivity contribution in [1.29, 1.82) is 0 Å². The number of hydrogen-bond acceptors (Lipinski definition) is 4. The second-order valence-corrected chi connectivity index (χ2v) is 11.4. The van der Waals surface area contributed by atoms with Crippen LogP contribution in [-0.2, 0) is 9.59 Å². The van der Waals surface area contributed by atoms with Crippen molar-refractivity contribution in [2.75, 3.05) is 13.2 Å². The Labute approximate surface area is 239 Å². The van der Waals surface area contributed by atoms with Crippen molar-refractivity contribution in [2.45, 2.75) is 160 Å². The molecule has 1 aliphatic carbocycles. The van der Waals surface area contributed by atoms with Crippen LogP contribution in [0.25, 0.3) is 0 Å². The lowest BCUT2D eigenvalue weighted by atomic mass is 9.86. The van der Waals surface area contributed by atoms with Crippen LogP contribution in [-0.4, -0.2) is 47.3 Å². The van der Waals surface area contributed by atoms with Crippen molar-refractivity contribution in [2.24, 2.45) is 0 Å². The molecular formula is C33H60N2O4. The van der Waals surface area contributed by atoms with Gasteiger partial charge in [-0.05, 0) is 63.5 Å². The van der Waals surface area contributed by atoms with Crippen molar-refractivity contribution in [3.05, 3.63) is 24.3 Å². The van der Waals surface area contributed by atoms with E-state index in [2.05, 4.69) is 10.6 Å². The Balaban J connectivity index is 1.96. The summed E-state index contributed by atoms with van der Waals surface area (Å²) < 4.78 is 0. The molecule has 0 aromatic carbocycles. The second-order valence-electron chi connectivity index (χ2n) is 11.4. The number of aliphatic hydroxyl groups is 2. The summed E-state index contributed by atoms with van der Waals surface area (Å²) in [6.45, 7) is 0.639. The van der Waals surface area contributed by atoms with Gasteiger partial charge in [0.05, 0.1) is 0 Å². The first kappa shape index (κ1) is 35.4. The van der Waals surface area contributed by atoms with Crippen molar-refractivity contribution >= 4 is 11.8 Å². The molecule has 6 heteroatoms. The molecule has 1 rings (SSSR count). The summed E-state index contributed by atoms with van der Waals surface area (Å²) in [5.41, 5.74) is 0. The third-order valence-corrected chi connectivity index (χ3v) is 7.78. The highest BCUT2D eigenvalue weighted by Crippen LogP contribution is 2.20. The van der Waals surface area contributed by atoms with Gasteiger partial charge in [-0.15, -0.1) is 0 Å². The number of carbonyl (C=O) groups excluding carboxylic acids is 2. The zero-order valence-electron chi connectivity index (χ0n) is 24.9. The predicted molar refractivity (Wildman–Crippen MR) is 163 cm³/mol. The van der Waals surface area contributed by atoms with Gasteiger partial charge < -0.3 is 20.8 Å². The number of aliphatic hydroxyl groups excluding tert-OH is 2. The molecule has 226 valence electrons. The topological polar surface area (TPSA) is 98.7 Å². The third-order valence-electron chi connectivity index (χ3n) is 7.78. The van der Waals surface area contributed by atoms with E-state index in [-0.39, 0.29) is 23.9 Å². The first-order valence-corrected chi connectivity index (χ1v) is 16.3. The molecule has 0 aromatic heterocycles. The Bertz CT molecular complexity index is 650. The van der Waals surface area contributed by atoms with Gasteiger partial charge in [0.2, 0.25) is 11.8 Å². The van der Waals surface area contributed by atoms with E-state index in [1.165, 1.54) is 83.5 Å². The van der Waals surface area contributed by atoms with Crippen molar-refractivity contribution in [3.8, 4) is 0 Å². The quantitative estimate of drug-likeness (QED) is 0.0653. The van der Waals surface area contributed by atoms with Crippen LogP contribution < -0.4 is 10.6 Å². The SMILES string of the molecule is O=C(C=CCCCCCCCCCCCO)NC1CCC1NC(=O)C=CCCCCCCCCCCCCO. The molecule has 0 spiro atoms. The lowest BCUT2D eigenvalue weighted by Crippen LogP contribution is -2.57. The fourth-order valence-corrected chi connectivity index (χ4v) is 5.09. The van der Waals surface area contributed by atoms with Gasteiger partial charge in [-0.25, -0.2) is 0 Å². The Morgan fingerprint density at radius 2 is 0.769 bits per heavy atom. The first-order valence-electron chi connectivity index (χ1n) is 16.3. The molecule has 0 aromatic rings. The maximum Gasteiger partial charge on any atom is 0.243 e. The average Bonchev–Trinajstić information content (AvgIpc) is 2.93. The Morgan fingerprint density at radius 1 is 0.487 bits per heavy atom. The molecule has 2 atom stereocenters. The van der Waals surface area contributed by atoms with Gasteiger partial charge >= 0.3 is 0 Å². The molecule has 0 bridgehead atoms. The summed E-state index contributed by atoms with van der Waals surface area (Å²) in [7, 11) is 0. The molecule has 0 radical (unpaired) electrons. The van der Waals surface area contributed by atoms with Crippen LogP contribution >= 0.6 is 0 Å². The summed E-state index contributed by atoms with van der Waals surface area (Å²) in [6, 6.07) is 0.0679. The van der Waals surface area contributed by atoms with Gasteiger partial charge in [0.15, 0.2) is 0 Å². The lowest BCUT2D eigenvalue weighted by molar-refractivity contribution is -0.121. The van der Waals surface area contributed by atoms with E-state index in [4.69, 9.17) is 10.2 Å². The van der Waals surface area contributed by atoms with E-state index in [1.54, 1.807) is 12.2 Å². The van der Waals surface area contributed by atoms with Gasteiger partial charge in [-0.2, -0.15) is 0 Å². The molecule has 1 aliphatic rings. The Hall–Kier alpha value is -1.66. The Morgan fingerprint density at radius 3 is 1.05 bits per heavy atom. The number of unbranched alkanes of at least 4 members (excludes halogenated alkanes) is 19. The lowest BCUT2D eigenvalue weighted by Gasteiger charge is -2.37. The molecule has 6 nitrogen and oxygen atoms in total. The summed E-state index contributed by atoms with van der Waals surface area (Å²) in [5, 5.41) is 23.6. The van der Waals surface area contributed by atoms with Crippen LogP contribution in [0.4, 0.5) is 0 Å². The van der Waals surface area contributed by atoms with Gasteiger partial charge in [-0.3, -0.25) is 9.59 Å². The molecule has 1 saturated carbocycles. The van der Waals surface area contributed by atoms with E-state index in [0.717, 1.165) is 64.2 Å². The molecule has 39 heavy (non-hydrogen) atoms. The molecular weight excluding hydrogens is 488 g/mol. The largest absolute Gasteiger partial charge is 0.396 e. The molecule has 2 amide bonds. The van der Waals surface area contributed by atoms with Crippen LogP contribution in [0.1, 0.15) is 148 Å². The fourth-order valence-electron chi connectivity index (χ4n) is 5.09. The number of rotatable bonds is 27. The van der Waals surface area contributed by atoms with Crippen LogP contribution in [0.2, 0.25) is 0 Å². The van der Waals surface area contributed by atoms with Gasteiger partial charge in [-0.1, -0.05) is 108 Å². The molecule has 0 heterocycles. The minimum absolute atomic E-state index is 0.0338. The average molecular weight is 549 g/mol. The van der Waals surface area contributed by atoms with E-state index >= 15 is 0 Å². The molecule has 0 saturated heterocycles. The smallest absolute Gasteiger partial charge is 0.243 e. The summed E-state index contributed by atoms with van der Waals surface area (Å²) in [6.07, 6.45) is 33.8. The zero-order valence-corrected chi connectivity index (χ0v) is 24.9. The van der Waals surface area contributed by atoms with Crippen molar-refractivity contribution in [1.82, 2.24) is 10.6 Å². The number of amides is 2. The van der Waals surface area contributed by atoms with Crippen molar-refractivity contribution in [3.63, 3.8) is 0 Å². The normalized spacial score (nSPS) is 17.1. The third kappa shape index (κ3) is 21.8. The van der Waals surface area contributed by atoms with Gasteiger partial charge in [0, 0.05) is 25.3 Å². The second kappa shape index (κ2) is 26.6. The monoisotopic (exact) mass is 548 g/mol. The summed E-state index contributed by atoms with van der Waals surface area (Å²) in [5.74, 6) is -0.111. The number of allylic oxidation sites excluding steroid dienone is 2. The number of hydrogen-bond donors (Lipinski definition) is 4. The van der Waals surface area contributed by atoms with E-state index < -0.39 is 0 Å². The van der Waals surface area contributed by atoms with Crippen LogP contribution in [0.15, 0.2) is 24.3 Å². The van der Waals surface area contributed by atoms with Gasteiger partial charge in [0.1, 0.15) is 0 Å². The maximum atomic E-state index is 12.2. The van der Waals surface area contributed by atoms with Crippen LogP contribution in [0, 0.1) is 0 Å². The highest BCUT2D eigenvalue weighted by atomic mass is 16.3. The summed E-state index contributed by atoms with van der Waals surface area (Å²) in [4.78, 5) is 24.4. The van der Waals surface area contributed by atoms with E-state index in [0.29, 0.717) is 13.2 Å². The van der Waals surface area contributed by atoms with Crippen LogP contribution in [0.3, 0.4) is 0 Å². The predicted octanol–water partition coefficient (Wildman–Crippen LogP) is 7.04. The maximum absolute atomic E-state index is 12.2. The summed E-state index contributed by atoms with van der Waals surface area (Å²) >= 11 is 0. The minimum atomic E-state index is -0.0564. The van der Waals surface area contributed by atoms with E-state index in [9.17, 15) is 9.59 Å². The van der Waals surface area contributed by atoms with Gasteiger partial charge in [0.25, 0.3) is 0 Å². The highest BCUT2D eigenvalue weighted by Gasteiger charge is 2.32.